The SMILES string of the molecule is COC(=O)C1(NCC2CCCO2)CCN2CCC1C2. The molecule has 5 nitrogen and oxygen atoms in total. The summed E-state index contributed by atoms with van der Waals surface area (Å²) in [6, 6.07) is 0. The second-order valence-corrected chi connectivity index (χ2v) is 6.02. The predicted octanol–water partition coefficient (Wildman–Crippen LogP) is 0.392. The lowest BCUT2D eigenvalue weighted by Gasteiger charge is -2.41. The molecule has 1 N–H and O–H groups in total. The van der Waals surface area contributed by atoms with E-state index in [1.165, 1.54) is 7.11 Å². The topological polar surface area (TPSA) is 50.8 Å². The third kappa shape index (κ3) is 2.39. The summed E-state index contributed by atoms with van der Waals surface area (Å²) in [5, 5.41) is 3.53. The Labute approximate surface area is 114 Å². The van der Waals surface area contributed by atoms with Crippen molar-refractivity contribution < 1.29 is 14.3 Å². The molecule has 4 unspecified atom stereocenters. The van der Waals surface area contributed by atoms with Gasteiger partial charge >= 0.3 is 5.97 Å². The standard InChI is InChI=1S/C14H24N2O3/c1-18-13(17)14(15-9-12-3-2-8-19-12)5-7-16-6-4-11(14)10-16/h11-12,15H,2-10H2,1H3. The fourth-order valence-electron chi connectivity index (χ4n) is 3.83. The Kier molecular flexibility index (Phi) is 3.78. The highest BCUT2D eigenvalue weighted by Gasteiger charge is 2.52. The van der Waals surface area contributed by atoms with E-state index >= 15 is 0 Å². The molecule has 0 aromatic rings. The number of ether oxygens (including phenoxy) is 2. The van der Waals surface area contributed by atoms with Crippen LogP contribution in [0.5, 0.6) is 0 Å². The van der Waals surface area contributed by atoms with Gasteiger partial charge in [-0.05, 0) is 32.2 Å². The molecule has 4 atom stereocenters. The molecule has 3 aliphatic heterocycles. The van der Waals surface area contributed by atoms with E-state index in [0.29, 0.717) is 5.92 Å². The van der Waals surface area contributed by atoms with Crippen LogP contribution in [0.3, 0.4) is 0 Å². The molecule has 5 heteroatoms. The third-order valence-corrected chi connectivity index (χ3v) is 5.01. The Hall–Kier alpha value is -0.650. The number of esters is 1. The summed E-state index contributed by atoms with van der Waals surface area (Å²) in [5.41, 5.74) is -0.478. The Balaban J connectivity index is 1.70. The summed E-state index contributed by atoms with van der Waals surface area (Å²) in [7, 11) is 1.50. The number of carbonyl (C=O) groups excluding carboxylic acids is 1. The van der Waals surface area contributed by atoms with Gasteiger partial charge in [0.2, 0.25) is 0 Å². The van der Waals surface area contributed by atoms with Crippen molar-refractivity contribution in [2.45, 2.75) is 37.3 Å². The molecule has 2 bridgehead atoms. The number of nitrogens with one attached hydrogen (secondary N) is 1. The van der Waals surface area contributed by atoms with Gasteiger partial charge in [-0.15, -0.1) is 0 Å². The molecule has 3 saturated heterocycles. The highest BCUT2D eigenvalue weighted by Crippen LogP contribution is 2.36. The van der Waals surface area contributed by atoms with E-state index in [9.17, 15) is 4.79 Å². The van der Waals surface area contributed by atoms with Crippen LogP contribution in [0, 0.1) is 5.92 Å². The van der Waals surface area contributed by atoms with Crippen LogP contribution in [0.25, 0.3) is 0 Å². The van der Waals surface area contributed by atoms with Crippen LogP contribution in [0.15, 0.2) is 0 Å². The van der Waals surface area contributed by atoms with Crippen molar-refractivity contribution in [2.75, 3.05) is 39.9 Å². The number of hydrogen-bond acceptors (Lipinski definition) is 5. The lowest BCUT2D eigenvalue weighted by atomic mass is 9.78. The van der Waals surface area contributed by atoms with E-state index in [1.807, 2.05) is 0 Å². The van der Waals surface area contributed by atoms with Crippen LogP contribution in [-0.4, -0.2) is 62.4 Å². The van der Waals surface area contributed by atoms with Gasteiger partial charge in [-0.3, -0.25) is 10.1 Å². The third-order valence-electron chi connectivity index (χ3n) is 5.01. The molecule has 0 saturated carbocycles. The second kappa shape index (κ2) is 5.38. The van der Waals surface area contributed by atoms with Gasteiger partial charge in [-0.1, -0.05) is 0 Å². The molecule has 3 fully saturated rings. The first-order valence-corrected chi connectivity index (χ1v) is 7.42. The first-order valence-electron chi connectivity index (χ1n) is 7.42. The number of methoxy groups -OCH3 is 1. The minimum absolute atomic E-state index is 0.0861. The number of rotatable bonds is 4. The van der Waals surface area contributed by atoms with Gasteiger partial charge in [0.1, 0.15) is 5.54 Å². The summed E-state index contributed by atoms with van der Waals surface area (Å²) in [4.78, 5) is 14.8. The van der Waals surface area contributed by atoms with Crippen LogP contribution < -0.4 is 5.32 Å². The van der Waals surface area contributed by atoms with E-state index in [1.54, 1.807) is 0 Å². The molecule has 0 spiro atoms. The highest BCUT2D eigenvalue weighted by atomic mass is 16.5. The van der Waals surface area contributed by atoms with Gasteiger partial charge in [-0.25, -0.2) is 0 Å². The van der Waals surface area contributed by atoms with Gasteiger partial charge in [0.25, 0.3) is 0 Å². The summed E-state index contributed by atoms with van der Waals surface area (Å²) < 4.78 is 10.8. The highest BCUT2D eigenvalue weighted by molar-refractivity contribution is 5.81. The zero-order valence-corrected chi connectivity index (χ0v) is 11.7. The molecule has 0 aliphatic carbocycles. The predicted molar refractivity (Wildman–Crippen MR) is 70.9 cm³/mol. The average Bonchev–Trinajstić information content (AvgIpc) is 3.08. The van der Waals surface area contributed by atoms with Gasteiger partial charge in [0.05, 0.1) is 13.2 Å². The van der Waals surface area contributed by atoms with Crippen molar-refractivity contribution in [3.8, 4) is 0 Å². The van der Waals surface area contributed by atoms with Crippen molar-refractivity contribution in [2.24, 2.45) is 5.92 Å². The molecule has 3 heterocycles. The fourth-order valence-corrected chi connectivity index (χ4v) is 3.83. The molecule has 19 heavy (non-hydrogen) atoms. The molecular formula is C14H24N2O3. The molecule has 3 rings (SSSR count). The monoisotopic (exact) mass is 268 g/mol. The van der Waals surface area contributed by atoms with Crippen molar-refractivity contribution in [3.63, 3.8) is 0 Å². The summed E-state index contributed by atoms with van der Waals surface area (Å²) in [5.74, 6) is 0.298. The van der Waals surface area contributed by atoms with E-state index in [-0.39, 0.29) is 12.1 Å². The molecular weight excluding hydrogens is 244 g/mol. The largest absolute Gasteiger partial charge is 0.468 e. The molecule has 0 radical (unpaired) electrons. The average molecular weight is 268 g/mol. The van der Waals surface area contributed by atoms with Crippen LogP contribution in [0.2, 0.25) is 0 Å². The maximum absolute atomic E-state index is 12.3. The quantitative estimate of drug-likeness (QED) is 0.748. The zero-order chi connectivity index (χ0) is 13.3. The van der Waals surface area contributed by atoms with E-state index in [4.69, 9.17) is 9.47 Å². The van der Waals surface area contributed by atoms with Crippen LogP contribution in [0.4, 0.5) is 0 Å². The van der Waals surface area contributed by atoms with Crippen LogP contribution in [0.1, 0.15) is 25.7 Å². The molecule has 3 aliphatic rings. The van der Waals surface area contributed by atoms with Crippen molar-refractivity contribution in [3.05, 3.63) is 0 Å². The molecule has 0 amide bonds. The minimum atomic E-state index is -0.478. The number of carbonyl (C=O) groups is 1. The fraction of sp³-hybridized carbons (Fsp3) is 0.929. The zero-order valence-electron chi connectivity index (χ0n) is 11.7. The number of nitrogens with zero attached hydrogens (tertiary/aromatic N) is 1. The maximum atomic E-state index is 12.3. The van der Waals surface area contributed by atoms with E-state index < -0.39 is 5.54 Å². The number of piperidine rings is 1. The summed E-state index contributed by atoms with van der Waals surface area (Å²) in [6.45, 7) is 4.75. The summed E-state index contributed by atoms with van der Waals surface area (Å²) >= 11 is 0. The Morgan fingerprint density at radius 2 is 2.37 bits per heavy atom. The van der Waals surface area contributed by atoms with Gasteiger partial charge in [-0.2, -0.15) is 0 Å². The number of hydrogen-bond donors (Lipinski definition) is 1. The van der Waals surface area contributed by atoms with Crippen molar-refractivity contribution in [1.82, 2.24) is 10.2 Å². The van der Waals surface area contributed by atoms with Crippen molar-refractivity contribution >= 4 is 5.97 Å². The molecule has 0 aromatic heterocycles. The Bertz CT molecular complexity index is 344. The summed E-state index contributed by atoms with van der Waals surface area (Å²) in [6.07, 6.45) is 4.45. The Morgan fingerprint density at radius 1 is 1.47 bits per heavy atom. The Morgan fingerprint density at radius 3 is 3.11 bits per heavy atom. The van der Waals surface area contributed by atoms with E-state index in [0.717, 1.165) is 58.5 Å². The second-order valence-electron chi connectivity index (χ2n) is 6.02. The van der Waals surface area contributed by atoms with Crippen LogP contribution in [-0.2, 0) is 14.3 Å². The van der Waals surface area contributed by atoms with Gasteiger partial charge in [0, 0.05) is 32.2 Å². The smallest absolute Gasteiger partial charge is 0.326 e. The minimum Gasteiger partial charge on any atom is -0.468 e. The van der Waals surface area contributed by atoms with Gasteiger partial charge < -0.3 is 14.4 Å². The van der Waals surface area contributed by atoms with Crippen LogP contribution >= 0.6 is 0 Å². The van der Waals surface area contributed by atoms with Gasteiger partial charge in [0.15, 0.2) is 0 Å². The lowest BCUT2D eigenvalue weighted by Crippen LogP contribution is -2.62. The normalized spacial score (nSPS) is 41.4. The lowest BCUT2D eigenvalue weighted by molar-refractivity contribution is -0.153. The van der Waals surface area contributed by atoms with Crippen molar-refractivity contribution in [1.29, 1.82) is 0 Å². The maximum Gasteiger partial charge on any atom is 0.326 e. The molecule has 0 aromatic carbocycles. The first-order chi connectivity index (χ1) is 9.24. The number of fused-ring (bicyclic) bond motifs is 2. The van der Waals surface area contributed by atoms with E-state index in [2.05, 4.69) is 10.2 Å². The molecule has 108 valence electrons. The first kappa shape index (κ1) is 13.3.